The maximum absolute atomic E-state index is 5.48. The standard InChI is InChI=1S/C13H23N3OS/c1-3-5-14-11(2)12-10-18-13(15-12)16-6-4-8-17-9-7-16/h10-11,14H,3-9H2,1-2H3. The van der Waals surface area contributed by atoms with Crippen LogP contribution in [0.5, 0.6) is 0 Å². The minimum atomic E-state index is 0.346. The van der Waals surface area contributed by atoms with E-state index in [1.54, 1.807) is 11.3 Å². The summed E-state index contributed by atoms with van der Waals surface area (Å²) in [5, 5.41) is 6.79. The van der Waals surface area contributed by atoms with Crippen LogP contribution >= 0.6 is 11.3 Å². The van der Waals surface area contributed by atoms with Gasteiger partial charge < -0.3 is 15.0 Å². The lowest BCUT2D eigenvalue weighted by Crippen LogP contribution is -2.26. The Morgan fingerprint density at radius 3 is 3.22 bits per heavy atom. The molecule has 0 aliphatic carbocycles. The van der Waals surface area contributed by atoms with Gasteiger partial charge in [0.15, 0.2) is 5.13 Å². The first-order valence-corrected chi connectivity index (χ1v) is 7.70. The molecule has 0 amide bonds. The largest absolute Gasteiger partial charge is 0.380 e. The number of nitrogens with one attached hydrogen (secondary N) is 1. The second-order valence-electron chi connectivity index (χ2n) is 4.68. The zero-order valence-electron chi connectivity index (χ0n) is 11.3. The first-order valence-electron chi connectivity index (χ1n) is 6.82. The molecule has 2 rings (SSSR count). The number of thiazole rings is 1. The van der Waals surface area contributed by atoms with Crippen LogP contribution in [0.3, 0.4) is 0 Å². The molecule has 2 heterocycles. The smallest absolute Gasteiger partial charge is 0.185 e. The Morgan fingerprint density at radius 1 is 1.50 bits per heavy atom. The second-order valence-corrected chi connectivity index (χ2v) is 5.52. The highest BCUT2D eigenvalue weighted by Crippen LogP contribution is 2.24. The molecule has 102 valence electrons. The molecule has 18 heavy (non-hydrogen) atoms. The molecular weight excluding hydrogens is 246 g/mol. The van der Waals surface area contributed by atoms with E-state index in [1.165, 1.54) is 0 Å². The Kier molecular flexibility index (Phi) is 5.41. The van der Waals surface area contributed by atoms with Gasteiger partial charge in [-0.15, -0.1) is 11.3 Å². The number of aromatic nitrogens is 1. The number of ether oxygens (including phenoxy) is 1. The molecule has 1 N–H and O–H groups in total. The first-order chi connectivity index (χ1) is 8.81. The monoisotopic (exact) mass is 269 g/mol. The average Bonchev–Trinajstić information content (AvgIpc) is 2.72. The summed E-state index contributed by atoms with van der Waals surface area (Å²) in [4.78, 5) is 7.10. The summed E-state index contributed by atoms with van der Waals surface area (Å²) in [6.45, 7) is 9.13. The van der Waals surface area contributed by atoms with Crippen LogP contribution in [-0.2, 0) is 4.74 Å². The molecule has 1 unspecified atom stereocenters. The van der Waals surface area contributed by atoms with E-state index in [9.17, 15) is 0 Å². The lowest BCUT2D eigenvalue weighted by molar-refractivity contribution is 0.152. The summed E-state index contributed by atoms with van der Waals surface area (Å²) >= 11 is 1.75. The van der Waals surface area contributed by atoms with Gasteiger partial charge in [0.2, 0.25) is 0 Å². The SMILES string of the molecule is CCCNC(C)c1csc(N2CCCOCC2)n1. The van der Waals surface area contributed by atoms with Crippen molar-refractivity contribution >= 4 is 16.5 Å². The van der Waals surface area contributed by atoms with Crippen molar-refractivity contribution in [3.8, 4) is 0 Å². The molecule has 4 nitrogen and oxygen atoms in total. The van der Waals surface area contributed by atoms with Crippen molar-refractivity contribution in [1.29, 1.82) is 0 Å². The zero-order chi connectivity index (χ0) is 12.8. The van der Waals surface area contributed by atoms with Gasteiger partial charge in [0.1, 0.15) is 0 Å². The lowest BCUT2D eigenvalue weighted by atomic mass is 10.2. The molecule has 0 radical (unpaired) electrons. The van der Waals surface area contributed by atoms with Crippen molar-refractivity contribution < 1.29 is 4.74 Å². The summed E-state index contributed by atoms with van der Waals surface area (Å²) in [6, 6.07) is 0.346. The lowest BCUT2D eigenvalue weighted by Gasteiger charge is -2.18. The normalized spacial score (nSPS) is 18.7. The molecule has 1 aliphatic heterocycles. The summed E-state index contributed by atoms with van der Waals surface area (Å²) in [5.74, 6) is 0. The van der Waals surface area contributed by atoms with Gasteiger partial charge in [0.25, 0.3) is 0 Å². The van der Waals surface area contributed by atoms with E-state index in [4.69, 9.17) is 9.72 Å². The molecule has 0 bridgehead atoms. The van der Waals surface area contributed by atoms with Crippen molar-refractivity contribution in [1.82, 2.24) is 10.3 Å². The molecule has 5 heteroatoms. The summed E-state index contributed by atoms with van der Waals surface area (Å²) in [5.41, 5.74) is 1.16. The molecule has 0 saturated carbocycles. The number of rotatable bonds is 5. The van der Waals surface area contributed by atoms with Crippen LogP contribution in [0.25, 0.3) is 0 Å². The predicted octanol–water partition coefficient (Wildman–Crippen LogP) is 2.43. The fourth-order valence-electron chi connectivity index (χ4n) is 2.02. The van der Waals surface area contributed by atoms with Crippen LogP contribution in [0.15, 0.2) is 5.38 Å². The van der Waals surface area contributed by atoms with Crippen molar-refractivity contribution in [2.75, 3.05) is 37.7 Å². The van der Waals surface area contributed by atoms with Crippen LogP contribution < -0.4 is 10.2 Å². The number of hydrogen-bond donors (Lipinski definition) is 1. The Morgan fingerprint density at radius 2 is 2.39 bits per heavy atom. The van der Waals surface area contributed by atoms with Crippen molar-refractivity contribution in [2.45, 2.75) is 32.7 Å². The van der Waals surface area contributed by atoms with E-state index in [-0.39, 0.29) is 0 Å². The minimum Gasteiger partial charge on any atom is -0.380 e. The van der Waals surface area contributed by atoms with E-state index < -0.39 is 0 Å². The van der Waals surface area contributed by atoms with Gasteiger partial charge in [0.05, 0.1) is 12.3 Å². The Bertz CT molecular complexity index is 348. The molecule has 0 spiro atoms. The Hall–Kier alpha value is -0.650. The maximum atomic E-state index is 5.48. The predicted molar refractivity (Wildman–Crippen MR) is 76.5 cm³/mol. The fourth-order valence-corrected chi connectivity index (χ4v) is 3.00. The van der Waals surface area contributed by atoms with Crippen LogP contribution in [0.4, 0.5) is 5.13 Å². The highest BCUT2D eigenvalue weighted by atomic mass is 32.1. The van der Waals surface area contributed by atoms with Gasteiger partial charge >= 0.3 is 0 Å². The topological polar surface area (TPSA) is 37.4 Å². The maximum Gasteiger partial charge on any atom is 0.185 e. The Balaban J connectivity index is 1.95. The zero-order valence-corrected chi connectivity index (χ0v) is 12.1. The third kappa shape index (κ3) is 3.67. The molecule has 1 saturated heterocycles. The number of hydrogen-bond acceptors (Lipinski definition) is 5. The molecule has 0 aromatic carbocycles. The molecule has 1 aromatic heterocycles. The number of anilines is 1. The molecule has 1 atom stereocenters. The van der Waals surface area contributed by atoms with Crippen molar-refractivity contribution in [2.24, 2.45) is 0 Å². The summed E-state index contributed by atoms with van der Waals surface area (Å²) < 4.78 is 5.48. The van der Waals surface area contributed by atoms with Gasteiger partial charge in [-0.25, -0.2) is 4.98 Å². The van der Waals surface area contributed by atoms with Gasteiger partial charge in [-0.1, -0.05) is 6.92 Å². The molecule has 1 aliphatic rings. The first kappa shape index (κ1) is 13.8. The van der Waals surface area contributed by atoms with Gasteiger partial charge in [0, 0.05) is 31.1 Å². The second kappa shape index (κ2) is 7.07. The fraction of sp³-hybridized carbons (Fsp3) is 0.769. The quantitative estimate of drug-likeness (QED) is 0.891. The van der Waals surface area contributed by atoms with Crippen molar-refractivity contribution in [3.63, 3.8) is 0 Å². The number of nitrogens with zero attached hydrogens (tertiary/aromatic N) is 2. The highest BCUT2D eigenvalue weighted by Gasteiger charge is 2.15. The molecule has 1 fully saturated rings. The van der Waals surface area contributed by atoms with E-state index in [2.05, 4.69) is 29.4 Å². The van der Waals surface area contributed by atoms with Crippen molar-refractivity contribution in [3.05, 3.63) is 11.1 Å². The van der Waals surface area contributed by atoms with E-state index in [0.717, 1.165) is 56.5 Å². The van der Waals surface area contributed by atoms with Crippen LogP contribution in [0, 0.1) is 0 Å². The van der Waals surface area contributed by atoms with Crippen LogP contribution in [-0.4, -0.2) is 37.8 Å². The van der Waals surface area contributed by atoms with Gasteiger partial charge in [-0.05, 0) is 26.3 Å². The minimum absolute atomic E-state index is 0.346. The average molecular weight is 269 g/mol. The highest BCUT2D eigenvalue weighted by molar-refractivity contribution is 7.13. The molecule has 1 aromatic rings. The van der Waals surface area contributed by atoms with Crippen LogP contribution in [0.1, 0.15) is 38.4 Å². The van der Waals surface area contributed by atoms with E-state index >= 15 is 0 Å². The van der Waals surface area contributed by atoms with E-state index in [1.807, 2.05) is 0 Å². The third-order valence-corrected chi connectivity index (χ3v) is 4.07. The van der Waals surface area contributed by atoms with Crippen LogP contribution in [0.2, 0.25) is 0 Å². The molecular formula is C13H23N3OS. The van der Waals surface area contributed by atoms with Gasteiger partial charge in [-0.2, -0.15) is 0 Å². The van der Waals surface area contributed by atoms with Gasteiger partial charge in [-0.3, -0.25) is 0 Å². The Labute approximate surface area is 113 Å². The summed E-state index contributed by atoms with van der Waals surface area (Å²) in [7, 11) is 0. The van der Waals surface area contributed by atoms with E-state index in [0.29, 0.717) is 6.04 Å². The summed E-state index contributed by atoms with van der Waals surface area (Å²) in [6.07, 6.45) is 2.25. The third-order valence-electron chi connectivity index (χ3n) is 3.15.